The Bertz CT molecular complexity index is 689. The number of ketones is 1. The van der Waals surface area contributed by atoms with E-state index in [1.807, 2.05) is 6.92 Å². The second-order valence-electron chi connectivity index (χ2n) is 5.84. The average molecular weight is 349 g/mol. The summed E-state index contributed by atoms with van der Waals surface area (Å²) < 4.78 is 18.4. The molecule has 2 heterocycles. The topological polar surface area (TPSA) is 55.3 Å². The first-order valence-corrected chi connectivity index (χ1v) is 8.94. The molecule has 1 atom stereocenters. The number of carbonyl (C=O) groups is 1. The summed E-state index contributed by atoms with van der Waals surface area (Å²) >= 11 is 1.45. The summed E-state index contributed by atoms with van der Waals surface area (Å²) in [5.41, 5.74) is 0.581. The summed E-state index contributed by atoms with van der Waals surface area (Å²) in [4.78, 5) is 14.8. The second kappa shape index (κ2) is 7.81. The van der Waals surface area contributed by atoms with Crippen LogP contribution in [0.2, 0.25) is 0 Å². The van der Waals surface area contributed by atoms with Crippen LogP contribution in [0.5, 0.6) is 5.19 Å². The average Bonchev–Trinajstić information content (AvgIpc) is 3.02. The summed E-state index contributed by atoms with van der Waals surface area (Å²) in [6.07, 6.45) is 1.84. The van der Waals surface area contributed by atoms with Gasteiger partial charge in [-0.2, -0.15) is 0 Å². The lowest BCUT2D eigenvalue weighted by Crippen LogP contribution is -2.38. The Morgan fingerprint density at radius 2 is 2.17 bits per heavy atom. The van der Waals surface area contributed by atoms with E-state index in [9.17, 15) is 9.18 Å². The maximum atomic E-state index is 13.0. The van der Waals surface area contributed by atoms with E-state index in [0.29, 0.717) is 30.5 Å². The molecule has 0 radical (unpaired) electrons. The van der Waals surface area contributed by atoms with Gasteiger partial charge in [0.1, 0.15) is 10.8 Å². The zero-order chi connectivity index (χ0) is 16.9. The van der Waals surface area contributed by atoms with Crippen LogP contribution in [0.1, 0.15) is 35.1 Å². The minimum atomic E-state index is -0.321. The first kappa shape index (κ1) is 17.0. The predicted octanol–water partition coefficient (Wildman–Crippen LogP) is 3.17. The molecule has 1 aromatic carbocycles. The fourth-order valence-corrected chi connectivity index (χ4v) is 3.73. The standard InChI is InChI=1S/C17H20FN3O2S/c1-2-23-17-20-19-15(24-17)11-21-9-3-4-13(10-21)16(22)12-5-7-14(18)8-6-12/h5-8,13H,2-4,9-11H2,1H3. The van der Waals surface area contributed by atoms with E-state index in [0.717, 1.165) is 24.4 Å². The Kier molecular flexibility index (Phi) is 5.52. The van der Waals surface area contributed by atoms with Gasteiger partial charge >= 0.3 is 0 Å². The Balaban J connectivity index is 1.61. The normalized spacial score (nSPS) is 18.5. The van der Waals surface area contributed by atoms with Crippen molar-refractivity contribution in [1.29, 1.82) is 0 Å². The van der Waals surface area contributed by atoms with Crippen molar-refractivity contribution < 1.29 is 13.9 Å². The molecule has 1 aliphatic rings. The number of likely N-dealkylation sites (tertiary alicyclic amines) is 1. The molecule has 1 fully saturated rings. The number of halogens is 1. The fourth-order valence-electron chi connectivity index (χ4n) is 2.94. The number of benzene rings is 1. The van der Waals surface area contributed by atoms with E-state index >= 15 is 0 Å². The number of hydrogen-bond donors (Lipinski definition) is 0. The molecule has 0 amide bonds. The largest absolute Gasteiger partial charge is 0.469 e. The lowest BCUT2D eigenvalue weighted by Gasteiger charge is -2.31. The van der Waals surface area contributed by atoms with Gasteiger partial charge in [-0.25, -0.2) is 4.39 Å². The molecule has 0 aliphatic carbocycles. The smallest absolute Gasteiger partial charge is 0.294 e. The van der Waals surface area contributed by atoms with Gasteiger partial charge < -0.3 is 4.74 Å². The highest BCUT2D eigenvalue weighted by atomic mass is 32.1. The van der Waals surface area contributed by atoms with Gasteiger partial charge in [0.05, 0.1) is 13.2 Å². The molecule has 5 nitrogen and oxygen atoms in total. The van der Waals surface area contributed by atoms with Gasteiger partial charge in [0.2, 0.25) is 0 Å². The van der Waals surface area contributed by atoms with Crippen molar-refractivity contribution in [3.8, 4) is 5.19 Å². The van der Waals surface area contributed by atoms with Crippen molar-refractivity contribution >= 4 is 17.1 Å². The van der Waals surface area contributed by atoms with Crippen molar-refractivity contribution in [2.24, 2.45) is 5.92 Å². The lowest BCUT2D eigenvalue weighted by atomic mass is 9.90. The quantitative estimate of drug-likeness (QED) is 0.750. The molecule has 128 valence electrons. The van der Waals surface area contributed by atoms with Crippen LogP contribution >= 0.6 is 11.3 Å². The number of hydrogen-bond acceptors (Lipinski definition) is 6. The van der Waals surface area contributed by atoms with Gasteiger partial charge in [0, 0.05) is 18.0 Å². The van der Waals surface area contributed by atoms with Crippen LogP contribution in [-0.2, 0) is 6.54 Å². The molecule has 1 aliphatic heterocycles. The number of Topliss-reactive ketones (excluding diaryl/α,β-unsaturated/α-hetero) is 1. The Hall–Kier alpha value is -1.86. The van der Waals surface area contributed by atoms with E-state index in [2.05, 4.69) is 15.1 Å². The molecule has 24 heavy (non-hydrogen) atoms. The third-order valence-electron chi connectivity index (χ3n) is 4.08. The molecular weight excluding hydrogens is 329 g/mol. The molecule has 1 aromatic heterocycles. The number of piperidine rings is 1. The molecule has 3 rings (SSSR count). The molecule has 2 aromatic rings. The van der Waals surface area contributed by atoms with Crippen molar-refractivity contribution in [2.75, 3.05) is 19.7 Å². The molecule has 0 spiro atoms. The zero-order valence-corrected chi connectivity index (χ0v) is 14.4. The van der Waals surface area contributed by atoms with Gasteiger partial charge in [-0.15, -0.1) is 10.2 Å². The molecule has 0 bridgehead atoms. The first-order chi connectivity index (χ1) is 11.7. The number of ether oxygens (including phenoxy) is 1. The van der Waals surface area contributed by atoms with E-state index < -0.39 is 0 Å². The number of aromatic nitrogens is 2. The Morgan fingerprint density at radius 1 is 1.38 bits per heavy atom. The van der Waals surface area contributed by atoms with Crippen molar-refractivity contribution in [3.05, 3.63) is 40.7 Å². The minimum absolute atomic E-state index is 0.0523. The molecule has 7 heteroatoms. The van der Waals surface area contributed by atoms with E-state index in [4.69, 9.17) is 4.74 Å². The van der Waals surface area contributed by atoms with E-state index in [-0.39, 0.29) is 17.5 Å². The van der Waals surface area contributed by atoms with E-state index in [1.165, 1.54) is 23.5 Å². The molecule has 0 N–H and O–H groups in total. The summed E-state index contributed by atoms with van der Waals surface area (Å²) in [6, 6.07) is 5.81. The number of rotatable bonds is 6. The monoisotopic (exact) mass is 349 g/mol. The van der Waals surface area contributed by atoms with Crippen LogP contribution in [0, 0.1) is 11.7 Å². The third kappa shape index (κ3) is 4.15. The molecule has 1 saturated heterocycles. The van der Waals surface area contributed by atoms with Crippen LogP contribution in [0.4, 0.5) is 4.39 Å². The highest BCUT2D eigenvalue weighted by Gasteiger charge is 2.27. The van der Waals surface area contributed by atoms with Gasteiger partial charge in [-0.1, -0.05) is 11.3 Å². The number of nitrogens with zero attached hydrogens (tertiary/aromatic N) is 3. The van der Waals surface area contributed by atoms with Crippen molar-refractivity contribution in [1.82, 2.24) is 15.1 Å². The van der Waals surface area contributed by atoms with Crippen molar-refractivity contribution in [3.63, 3.8) is 0 Å². The second-order valence-corrected chi connectivity index (χ2v) is 6.86. The highest BCUT2D eigenvalue weighted by molar-refractivity contribution is 7.13. The van der Waals surface area contributed by atoms with Crippen LogP contribution in [0.25, 0.3) is 0 Å². The first-order valence-electron chi connectivity index (χ1n) is 8.13. The molecular formula is C17H20FN3O2S. The van der Waals surface area contributed by atoms with Gasteiger partial charge in [0.25, 0.3) is 5.19 Å². The molecule has 1 unspecified atom stereocenters. The Labute approximate surface area is 144 Å². The van der Waals surface area contributed by atoms with Crippen LogP contribution in [-0.4, -0.2) is 40.6 Å². The summed E-state index contributed by atoms with van der Waals surface area (Å²) in [5, 5.41) is 9.62. The fraction of sp³-hybridized carbons (Fsp3) is 0.471. The van der Waals surface area contributed by atoms with Gasteiger partial charge in [-0.05, 0) is 50.6 Å². The summed E-state index contributed by atoms with van der Waals surface area (Å²) in [6.45, 7) is 4.80. The predicted molar refractivity (Wildman–Crippen MR) is 89.8 cm³/mol. The third-order valence-corrected chi connectivity index (χ3v) is 4.90. The van der Waals surface area contributed by atoms with Gasteiger partial charge in [0.15, 0.2) is 5.78 Å². The number of carbonyl (C=O) groups excluding carboxylic acids is 1. The highest BCUT2D eigenvalue weighted by Crippen LogP contribution is 2.25. The van der Waals surface area contributed by atoms with Crippen LogP contribution in [0.15, 0.2) is 24.3 Å². The van der Waals surface area contributed by atoms with Crippen LogP contribution < -0.4 is 4.74 Å². The van der Waals surface area contributed by atoms with Gasteiger partial charge in [-0.3, -0.25) is 9.69 Å². The minimum Gasteiger partial charge on any atom is -0.469 e. The Morgan fingerprint density at radius 3 is 2.92 bits per heavy atom. The maximum Gasteiger partial charge on any atom is 0.294 e. The van der Waals surface area contributed by atoms with Crippen LogP contribution in [0.3, 0.4) is 0 Å². The zero-order valence-electron chi connectivity index (χ0n) is 13.6. The maximum absolute atomic E-state index is 13.0. The summed E-state index contributed by atoms with van der Waals surface area (Å²) in [7, 11) is 0. The SMILES string of the molecule is CCOc1nnc(CN2CCCC(C(=O)c3ccc(F)cc3)C2)s1. The van der Waals surface area contributed by atoms with E-state index in [1.54, 1.807) is 12.1 Å². The lowest BCUT2D eigenvalue weighted by molar-refractivity contribution is 0.0811. The molecule has 0 saturated carbocycles. The van der Waals surface area contributed by atoms with Crippen molar-refractivity contribution in [2.45, 2.75) is 26.3 Å². The summed E-state index contributed by atoms with van der Waals surface area (Å²) in [5.74, 6) is -0.284.